The topological polar surface area (TPSA) is 89.9 Å². The van der Waals surface area contributed by atoms with Gasteiger partial charge in [0.15, 0.2) is 0 Å². The molecule has 1 aromatic rings. The van der Waals surface area contributed by atoms with Crippen LogP contribution in [0.5, 0.6) is 0 Å². The van der Waals surface area contributed by atoms with E-state index >= 15 is 0 Å². The number of aliphatic hydroxyl groups is 1. The van der Waals surface area contributed by atoms with E-state index in [0.717, 1.165) is 24.4 Å². The Bertz CT molecular complexity index is 482. The van der Waals surface area contributed by atoms with Gasteiger partial charge in [-0.25, -0.2) is 4.79 Å². The van der Waals surface area contributed by atoms with Crippen molar-refractivity contribution in [1.29, 1.82) is 0 Å². The molecule has 0 heterocycles. The second-order valence-corrected chi connectivity index (χ2v) is 4.01. The van der Waals surface area contributed by atoms with E-state index < -0.39 is 11.9 Å². The van der Waals surface area contributed by atoms with Gasteiger partial charge in [-0.1, -0.05) is 0 Å². The average molecular weight is 278 g/mol. The second-order valence-electron chi connectivity index (χ2n) is 4.01. The fraction of sp³-hybridized carbons (Fsp3) is 0.286. The monoisotopic (exact) mass is 278 g/mol. The van der Waals surface area contributed by atoms with Crippen molar-refractivity contribution in [2.24, 2.45) is 0 Å². The van der Waals surface area contributed by atoms with E-state index in [0.29, 0.717) is 12.2 Å². The number of anilines is 2. The molecule has 0 saturated heterocycles. The Balaban J connectivity index is 2.66. The van der Waals surface area contributed by atoms with Crippen LogP contribution in [0.15, 0.2) is 36.4 Å². The fourth-order valence-electron chi connectivity index (χ4n) is 1.68. The molecule has 6 heteroatoms. The molecule has 1 aromatic carbocycles. The van der Waals surface area contributed by atoms with E-state index in [1.807, 2.05) is 24.0 Å². The summed E-state index contributed by atoms with van der Waals surface area (Å²) in [7, 11) is 0. The van der Waals surface area contributed by atoms with Gasteiger partial charge in [0.1, 0.15) is 0 Å². The molecule has 0 atom stereocenters. The maximum atomic E-state index is 11.4. The molecular weight excluding hydrogens is 260 g/mol. The molecule has 0 unspecified atom stereocenters. The predicted octanol–water partition coefficient (Wildman–Crippen LogP) is 1.08. The van der Waals surface area contributed by atoms with Gasteiger partial charge in [0, 0.05) is 36.6 Å². The van der Waals surface area contributed by atoms with E-state index in [2.05, 4.69) is 5.32 Å². The number of likely N-dealkylation sites (N-methyl/N-ethyl adjacent to an activating group) is 1. The summed E-state index contributed by atoms with van der Waals surface area (Å²) >= 11 is 0. The zero-order chi connectivity index (χ0) is 15.0. The van der Waals surface area contributed by atoms with Gasteiger partial charge in [-0.2, -0.15) is 0 Å². The van der Waals surface area contributed by atoms with Crippen molar-refractivity contribution in [2.45, 2.75) is 6.92 Å². The number of amides is 1. The highest BCUT2D eigenvalue weighted by Crippen LogP contribution is 2.17. The summed E-state index contributed by atoms with van der Waals surface area (Å²) in [6.07, 6.45) is 1.74. The highest BCUT2D eigenvalue weighted by molar-refractivity contribution is 6.02. The van der Waals surface area contributed by atoms with Crippen LogP contribution in [0, 0.1) is 0 Å². The van der Waals surface area contributed by atoms with Crippen LogP contribution in [-0.2, 0) is 9.59 Å². The first-order chi connectivity index (χ1) is 9.56. The summed E-state index contributed by atoms with van der Waals surface area (Å²) in [6, 6.07) is 7.11. The number of carboxylic acids is 1. The molecule has 0 aliphatic carbocycles. The third kappa shape index (κ3) is 5.11. The van der Waals surface area contributed by atoms with E-state index in [9.17, 15) is 9.59 Å². The quantitative estimate of drug-likeness (QED) is 0.649. The van der Waals surface area contributed by atoms with Gasteiger partial charge in [-0.05, 0) is 31.2 Å². The third-order valence-corrected chi connectivity index (χ3v) is 2.63. The first-order valence-electron chi connectivity index (χ1n) is 6.24. The minimum Gasteiger partial charge on any atom is -0.478 e. The first-order valence-corrected chi connectivity index (χ1v) is 6.24. The maximum Gasteiger partial charge on any atom is 0.328 e. The molecule has 3 N–H and O–H groups in total. The molecule has 108 valence electrons. The molecule has 1 amide bonds. The second kappa shape index (κ2) is 7.96. The predicted molar refractivity (Wildman–Crippen MR) is 76.8 cm³/mol. The number of nitrogens with one attached hydrogen (secondary N) is 1. The zero-order valence-corrected chi connectivity index (χ0v) is 11.2. The van der Waals surface area contributed by atoms with E-state index in [4.69, 9.17) is 10.2 Å². The number of hydrogen-bond donors (Lipinski definition) is 3. The van der Waals surface area contributed by atoms with Gasteiger partial charge < -0.3 is 20.4 Å². The molecule has 0 aromatic heterocycles. The SMILES string of the molecule is CCN(CCO)c1ccc(NC(=O)/C=C/C(=O)O)cc1. The molecule has 0 saturated carbocycles. The number of hydrogen-bond acceptors (Lipinski definition) is 4. The van der Waals surface area contributed by atoms with Crippen LogP contribution in [0.25, 0.3) is 0 Å². The van der Waals surface area contributed by atoms with E-state index in [1.54, 1.807) is 12.1 Å². The fourth-order valence-corrected chi connectivity index (χ4v) is 1.68. The molecule has 0 radical (unpaired) electrons. The number of rotatable bonds is 7. The lowest BCUT2D eigenvalue weighted by molar-refractivity contribution is -0.131. The van der Waals surface area contributed by atoms with Crippen LogP contribution in [0.1, 0.15) is 6.92 Å². The number of carboxylic acid groups (broad SMARTS) is 1. The van der Waals surface area contributed by atoms with Gasteiger partial charge >= 0.3 is 5.97 Å². The molecule has 0 aliphatic heterocycles. The average Bonchev–Trinajstić information content (AvgIpc) is 2.43. The summed E-state index contributed by atoms with van der Waals surface area (Å²) in [4.78, 5) is 23.7. The maximum absolute atomic E-state index is 11.4. The van der Waals surface area contributed by atoms with Gasteiger partial charge in [0.25, 0.3) is 0 Å². The minimum atomic E-state index is -1.17. The van der Waals surface area contributed by atoms with Crippen molar-refractivity contribution in [3.8, 4) is 0 Å². The van der Waals surface area contributed by atoms with E-state index in [1.165, 1.54) is 0 Å². The number of nitrogens with zero attached hydrogens (tertiary/aromatic N) is 1. The largest absolute Gasteiger partial charge is 0.478 e. The first kappa shape index (κ1) is 15.7. The van der Waals surface area contributed by atoms with Gasteiger partial charge in [0.2, 0.25) is 5.91 Å². The molecule has 0 bridgehead atoms. The highest BCUT2D eigenvalue weighted by atomic mass is 16.4. The number of aliphatic carboxylic acids is 1. The lowest BCUT2D eigenvalue weighted by atomic mass is 10.2. The lowest BCUT2D eigenvalue weighted by Crippen LogP contribution is -2.26. The molecule has 6 nitrogen and oxygen atoms in total. The van der Waals surface area contributed by atoms with Gasteiger partial charge in [0.05, 0.1) is 6.61 Å². The van der Waals surface area contributed by atoms with Crippen molar-refractivity contribution in [1.82, 2.24) is 0 Å². The van der Waals surface area contributed by atoms with Crippen molar-refractivity contribution in [2.75, 3.05) is 29.9 Å². The highest BCUT2D eigenvalue weighted by Gasteiger charge is 2.04. The van der Waals surface area contributed by atoms with Crippen LogP contribution >= 0.6 is 0 Å². The Morgan fingerprint density at radius 3 is 2.40 bits per heavy atom. The Kier molecular flexibility index (Phi) is 6.25. The van der Waals surface area contributed by atoms with Crippen molar-refractivity contribution in [3.63, 3.8) is 0 Å². The summed E-state index contributed by atoms with van der Waals surface area (Å²) < 4.78 is 0. The van der Waals surface area contributed by atoms with Crippen molar-refractivity contribution < 1.29 is 19.8 Å². The van der Waals surface area contributed by atoms with Crippen LogP contribution in [0.2, 0.25) is 0 Å². The summed E-state index contributed by atoms with van der Waals surface area (Å²) in [5.74, 6) is -1.67. The van der Waals surface area contributed by atoms with Crippen molar-refractivity contribution in [3.05, 3.63) is 36.4 Å². The number of aliphatic hydroxyl groups excluding tert-OH is 1. The Hall–Kier alpha value is -2.34. The molecule has 0 aliphatic rings. The van der Waals surface area contributed by atoms with Crippen LogP contribution in [-0.4, -0.2) is 41.8 Å². The third-order valence-electron chi connectivity index (χ3n) is 2.63. The van der Waals surface area contributed by atoms with Gasteiger partial charge in [-0.15, -0.1) is 0 Å². The number of carbonyl (C=O) groups is 2. The van der Waals surface area contributed by atoms with Crippen LogP contribution in [0.3, 0.4) is 0 Å². The van der Waals surface area contributed by atoms with Crippen molar-refractivity contribution >= 4 is 23.3 Å². The standard InChI is InChI=1S/C14H18N2O4/c1-2-16(9-10-17)12-5-3-11(4-6-12)15-13(18)7-8-14(19)20/h3-8,17H,2,9-10H2,1H3,(H,15,18)(H,19,20)/b8-7+. The summed E-state index contributed by atoms with van der Waals surface area (Å²) in [6.45, 7) is 3.38. The van der Waals surface area contributed by atoms with Crippen LogP contribution < -0.4 is 10.2 Å². The Morgan fingerprint density at radius 2 is 1.90 bits per heavy atom. The molecule has 0 fully saturated rings. The van der Waals surface area contributed by atoms with Crippen LogP contribution in [0.4, 0.5) is 11.4 Å². The molecule has 0 spiro atoms. The number of carbonyl (C=O) groups excluding carboxylic acids is 1. The van der Waals surface area contributed by atoms with E-state index in [-0.39, 0.29) is 6.61 Å². The summed E-state index contributed by atoms with van der Waals surface area (Å²) in [5.41, 5.74) is 1.52. The van der Waals surface area contributed by atoms with Gasteiger partial charge in [-0.3, -0.25) is 4.79 Å². The Morgan fingerprint density at radius 1 is 1.25 bits per heavy atom. The Labute approximate surface area is 117 Å². The smallest absolute Gasteiger partial charge is 0.328 e. The normalized spacial score (nSPS) is 10.5. The zero-order valence-electron chi connectivity index (χ0n) is 11.2. The number of benzene rings is 1. The summed E-state index contributed by atoms with van der Waals surface area (Å²) in [5, 5.41) is 19.9. The minimum absolute atomic E-state index is 0.0757. The molecule has 20 heavy (non-hydrogen) atoms. The lowest BCUT2D eigenvalue weighted by Gasteiger charge is -2.22. The molecular formula is C14H18N2O4. The molecule has 1 rings (SSSR count).